The summed E-state index contributed by atoms with van der Waals surface area (Å²) >= 11 is 3.44. The van der Waals surface area contributed by atoms with Crippen LogP contribution in [0.3, 0.4) is 0 Å². The number of anilines is 1. The second-order valence-corrected chi connectivity index (χ2v) is 6.74. The quantitative estimate of drug-likeness (QED) is 0.813. The zero-order valence-corrected chi connectivity index (χ0v) is 15.9. The van der Waals surface area contributed by atoms with Gasteiger partial charge in [-0.3, -0.25) is 4.79 Å². The largest absolute Gasteiger partial charge is 0.339 e. The molecule has 1 aromatic heterocycles. The molecule has 2 heterocycles. The number of likely N-dealkylation sites (N-methyl/N-ethyl adjacent to an activating group) is 1. The molecule has 24 heavy (non-hydrogen) atoms. The molecule has 1 saturated heterocycles. The van der Waals surface area contributed by atoms with Gasteiger partial charge >= 0.3 is 0 Å². The van der Waals surface area contributed by atoms with Crippen LogP contribution in [0.1, 0.15) is 31.0 Å². The van der Waals surface area contributed by atoms with Crippen molar-refractivity contribution in [2.75, 3.05) is 18.5 Å². The van der Waals surface area contributed by atoms with E-state index in [-0.39, 0.29) is 30.3 Å². The van der Waals surface area contributed by atoms with Crippen molar-refractivity contribution in [2.45, 2.75) is 31.7 Å². The molecule has 1 amide bonds. The van der Waals surface area contributed by atoms with Gasteiger partial charge in [-0.05, 0) is 32.2 Å². The van der Waals surface area contributed by atoms with Crippen molar-refractivity contribution in [3.05, 3.63) is 40.5 Å². The van der Waals surface area contributed by atoms with Gasteiger partial charge in [-0.1, -0.05) is 27.2 Å². The molecule has 2 atom stereocenters. The van der Waals surface area contributed by atoms with Crippen LogP contribution in [0.15, 0.2) is 33.3 Å². The Morgan fingerprint density at radius 2 is 2.29 bits per heavy atom. The third kappa shape index (κ3) is 4.15. The minimum absolute atomic E-state index is 0. The molecule has 1 aromatic carbocycles. The van der Waals surface area contributed by atoms with Gasteiger partial charge in [0.05, 0.1) is 5.92 Å². The van der Waals surface area contributed by atoms with Crippen molar-refractivity contribution < 1.29 is 9.32 Å². The fourth-order valence-electron chi connectivity index (χ4n) is 2.66. The van der Waals surface area contributed by atoms with Crippen molar-refractivity contribution in [1.82, 2.24) is 15.5 Å². The summed E-state index contributed by atoms with van der Waals surface area (Å²) in [7, 11) is 1.90. The van der Waals surface area contributed by atoms with E-state index in [0.29, 0.717) is 31.1 Å². The van der Waals surface area contributed by atoms with Gasteiger partial charge in [0.15, 0.2) is 5.82 Å². The first-order chi connectivity index (χ1) is 11.1. The lowest BCUT2D eigenvalue weighted by molar-refractivity contribution is -0.117. The summed E-state index contributed by atoms with van der Waals surface area (Å²) in [5.41, 5.74) is 0.885. The fourth-order valence-corrected chi connectivity index (χ4v) is 3.05. The molecular weight excluding hydrogens is 396 g/mol. The summed E-state index contributed by atoms with van der Waals surface area (Å²) < 4.78 is 6.32. The molecule has 6 nitrogen and oxygen atoms in total. The number of amides is 1. The minimum atomic E-state index is -0.0485. The topological polar surface area (TPSA) is 71.3 Å². The number of benzene rings is 1. The fraction of sp³-hybridized carbons (Fsp3) is 0.438. The number of hydrogen-bond donors (Lipinski definition) is 1. The summed E-state index contributed by atoms with van der Waals surface area (Å²) in [6.07, 6.45) is 1.10. The SMILES string of the molecule is CNC(C)Cc1noc(C2CC(=O)N(c3cccc(Br)c3)C2)n1.Cl. The maximum Gasteiger partial charge on any atom is 0.232 e. The highest BCUT2D eigenvalue weighted by atomic mass is 79.9. The van der Waals surface area contributed by atoms with Crippen LogP contribution in [-0.4, -0.2) is 35.7 Å². The zero-order valence-electron chi connectivity index (χ0n) is 13.5. The Balaban J connectivity index is 0.00000208. The van der Waals surface area contributed by atoms with E-state index in [2.05, 4.69) is 38.3 Å². The van der Waals surface area contributed by atoms with Crippen molar-refractivity contribution >= 4 is 39.9 Å². The molecule has 2 aromatic rings. The zero-order chi connectivity index (χ0) is 16.4. The van der Waals surface area contributed by atoms with Gasteiger partial charge in [0.2, 0.25) is 11.8 Å². The van der Waals surface area contributed by atoms with Crippen LogP contribution < -0.4 is 10.2 Å². The van der Waals surface area contributed by atoms with Crippen molar-refractivity contribution in [1.29, 1.82) is 0 Å². The summed E-state index contributed by atoms with van der Waals surface area (Å²) in [5.74, 6) is 1.26. The van der Waals surface area contributed by atoms with Gasteiger partial charge in [0.25, 0.3) is 0 Å². The maximum absolute atomic E-state index is 12.3. The summed E-state index contributed by atoms with van der Waals surface area (Å²) in [5, 5.41) is 7.17. The normalized spacial score (nSPS) is 18.5. The van der Waals surface area contributed by atoms with Crippen LogP contribution in [-0.2, 0) is 11.2 Å². The summed E-state index contributed by atoms with van der Waals surface area (Å²) in [6, 6.07) is 8.01. The molecule has 0 saturated carbocycles. The second kappa shape index (κ2) is 8.09. The smallest absolute Gasteiger partial charge is 0.232 e. The molecule has 0 aliphatic carbocycles. The Kier molecular flexibility index (Phi) is 6.37. The molecule has 1 aliphatic heterocycles. The lowest BCUT2D eigenvalue weighted by Gasteiger charge is -2.16. The number of nitrogens with one attached hydrogen (secondary N) is 1. The van der Waals surface area contributed by atoms with Crippen LogP contribution in [0, 0.1) is 0 Å². The highest BCUT2D eigenvalue weighted by molar-refractivity contribution is 9.10. The Hall–Kier alpha value is -1.44. The Morgan fingerprint density at radius 3 is 3.00 bits per heavy atom. The van der Waals surface area contributed by atoms with Gasteiger partial charge in [-0.25, -0.2) is 0 Å². The lowest BCUT2D eigenvalue weighted by atomic mass is 10.1. The van der Waals surface area contributed by atoms with Crippen molar-refractivity contribution in [3.8, 4) is 0 Å². The van der Waals surface area contributed by atoms with Gasteiger partial charge in [-0.15, -0.1) is 12.4 Å². The van der Waals surface area contributed by atoms with Crippen LogP contribution in [0.2, 0.25) is 0 Å². The van der Waals surface area contributed by atoms with E-state index in [1.807, 2.05) is 31.3 Å². The monoisotopic (exact) mass is 414 g/mol. The van der Waals surface area contributed by atoms with Gasteiger partial charge in [-0.2, -0.15) is 4.98 Å². The van der Waals surface area contributed by atoms with Crippen LogP contribution in [0.4, 0.5) is 5.69 Å². The molecule has 0 radical (unpaired) electrons. The highest BCUT2D eigenvalue weighted by Crippen LogP contribution is 2.32. The Labute approximate surface area is 155 Å². The first-order valence-electron chi connectivity index (χ1n) is 7.62. The predicted molar refractivity (Wildman–Crippen MR) is 97.6 cm³/mol. The van der Waals surface area contributed by atoms with Crippen molar-refractivity contribution in [2.24, 2.45) is 0 Å². The van der Waals surface area contributed by atoms with E-state index >= 15 is 0 Å². The Morgan fingerprint density at radius 1 is 1.50 bits per heavy atom. The molecule has 0 bridgehead atoms. The maximum atomic E-state index is 12.3. The van der Waals surface area contributed by atoms with Crippen molar-refractivity contribution in [3.63, 3.8) is 0 Å². The van der Waals surface area contributed by atoms with E-state index in [4.69, 9.17) is 4.52 Å². The predicted octanol–water partition coefficient (Wildman–Crippen LogP) is 2.92. The minimum Gasteiger partial charge on any atom is -0.339 e. The average Bonchev–Trinajstić information content (AvgIpc) is 3.13. The average molecular weight is 416 g/mol. The number of rotatable bonds is 5. The van der Waals surface area contributed by atoms with Crippen LogP contribution >= 0.6 is 28.3 Å². The first kappa shape index (κ1) is 18.9. The highest BCUT2D eigenvalue weighted by Gasteiger charge is 2.35. The second-order valence-electron chi connectivity index (χ2n) is 5.83. The molecule has 0 spiro atoms. The van der Waals surface area contributed by atoms with Gasteiger partial charge in [0, 0.05) is 35.6 Å². The summed E-state index contributed by atoms with van der Waals surface area (Å²) in [6.45, 7) is 2.63. The number of aromatic nitrogens is 2. The number of carbonyl (C=O) groups excluding carboxylic acids is 1. The number of halogens is 2. The van der Waals surface area contributed by atoms with E-state index < -0.39 is 0 Å². The third-order valence-electron chi connectivity index (χ3n) is 4.06. The van der Waals surface area contributed by atoms with Gasteiger partial charge < -0.3 is 14.7 Å². The molecule has 130 valence electrons. The molecule has 1 fully saturated rings. The number of carbonyl (C=O) groups is 1. The third-order valence-corrected chi connectivity index (χ3v) is 4.55. The summed E-state index contributed by atoms with van der Waals surface area (Å²) in [4.78, 5) is 18.5. The van der Waals surface area contributed by atoms with E-state index in [9.17, 15) is 4.79 Å². The van der Waals surface area contributed by atoms with Gasteiger partial charge in [0.1, 0.15) is 0 Å². The van der Waals surface area contributed by atoms with E-state index in [1.165, 1.54) is 0 Å². The Bertz CT molecular complexity index is 709. The molecule has 3 rings (SSSR count). The molecule has 1 aliphatic rings. The van der Waals surface area contributed by atoms with E-state index in [1.54, 1.807) is 4.90 Å². The molecule has 8 heteroatoms. The number of nitrogens with zero attached hydrogens (tertiary/aromatic N) is 3. The first-order valence-corrected chi connectivity index (χ1v) is 8.41. The van der Waals surface area contributed by atoms with Crippen LogP contribution in [0.25, 0.3) is 0 Å². The van der Waals surface area contributed by atoms with E-state index in [0.717, 1.165) is 10.2 Å². The lowest BCUT2D eigenvalue weighted by Crippen LogP contribution is -2.24. The standard InChI is InChI=1S/C16H19BrN4O2.ClH/c1-10(18-2)6-14-19-16(23-20-14)11-7-15(22)21(9-11)13-5-3-4-12(17)8-13;/h3-5,8,10-11,18H,6-7,9H2,1-2H3;1H. The number of hydrogen-bond acceptors (Lipinski definition) is 5. The molecule has 1 N–H and O–H groups in total. The molecular formula is C16H20BrClN4O2. The molecule has 2 unspecified atom stereocenters. The van der Waals surface area contributed by atoms with Crippen LogP contribution in [0.5, 0.6) is 0 Å².